The number of carbonyl (C=O) groups is 1. The molecule has 3 heterocycles. The molecule has 39 heavy (non-hydrogen) atoms. The molecule has 4 aromatic rings. The molecule has 5 N–H and O–H groups in total. The monoisotopic (exact) mass is 552 g/mol. The summed E-state index contributed by atoms with van der Waals surface area (Å²) >= 11 is 0. The van der Waals surface area contributed by atoms with Gasteiger partial charge in [0.2, 0.25) is 9.84 Å². The van der Waals surface area contributed by atoms with Crippen LogP contribution in [-0.2, 0) is 14.6 Å². The second-order valence-electron chi connectivity index (χ2n) is 8.70. The van der Waals surface area contributed by atoms with Crippen LogP contribution in [0, 0.1) is 10.1 Å². The second kappa shape index (κ2) is 10.7. The van der Waals surface area contributed by atoms with Crippen molar-refractivity contribution in [1.29, 1.82) is 0 Å². The molecule has 2 aromatic heterocycles. The van der Waals surface area contributed by atoms with Crippen LogP contribution in [0.4, 0.5) is 11.4 Å². The highest BCUT2D eigenvalue weighted by Crippen LogP contribution is 2.38. The maximum Gasteiger partial charge on any atom is 0.293 e. The summed E-state index contributed by atoms with van der Waals surface area (Å²) in [5.41, 5.74) is 5.64. The number of aromatic amines is 1. The van der Waals surface area contributed by atoms with Crippen LogP contribution in [0.3, 0.4) is 0 Å². The van der Waals surface area contributed by atoms with Crippen molar-refractivity contribution in [1.82, 2.24) is 15.3 Å². The van der Waals surface area contributed by atoms with Gasteiger partial charge < -0.3 is 30.8 Å². The van der Waals surface area contributed by atoms with E-state index in [9.17, 15) is 23.3 Å². The number of nitrogens with one attached hydrogen (secondary N) is 3. The van der Waals surface area contributed by atoms with Gasteiger partial charge in [-0.05, 0) is 36.4 Å². The summed E-state index contributed by atoms with van der Waals surface area (Å²) < 4.78 is 39.0. The summed E-state index contributed by atoms with van der Waals surface area (Å²) in [6.45, 7) is 2.12. The predicted molar refractivity (Wildman–Crippen MR) is 141 cm³/mol. The molecule has 1 fully saturated rings. The van der Waals surface area contributed by atoms with Crippen LogP contribution in [0.1, 0.15) is 10.4 Å². The number of hydrogen-bond acceptors (Lipinski definition) is 10. The zero-order chi connectivity index (χ0) is 27.6. The highest BCUT2D eigenvalue weighted by atomic mass is 32.2. The van der Waals surface area contributed by atoms with Gasteiger partial charge in [-0.1, -0.05) is 6.07 Å². The average Bonchev–Trinajstić information content (AvgIpc) is 3.40. The minimum Gasteiger partial charge on any atom is -0.453 e. The number of H-pyrrole nitrogens is 1. The Labute approximate surface area is 222 Å². The van der Waals surface area contributed by atoms with Crippen molar-refractivity contribution >= 4 is 38.2 Å². The number of nitrogens with two attached hydrogens (primary N) is 1. The molecule has 0 aliphatic carbocycles. The largest absolute Gasteiger partial charge is 0.453 e. The van der Waals surface area contributed by atoms with E-state index in [1.54, 1.807) is 18.3 Å². The first kappa shape index (κ1) is 26.1. The standard InChI is InChI=1S/C25H24N6O7S/c26-24(32)19-2-1-3-22(23(19)38-16-10-15-6-7-28-25(15)30-13-16)39(35,36)18-4-5-20(21(11-18)31(33)34)29-14-17-12-27-8-9-37-17/h1-7,10-11,13,17,27,29H,8-9,12,14H2,(H2,26,32)(H,28,30). The van der Waals surface area contributed by atoms with E-state index in [4.69, 9.17) is 15.2 Å². The maximum atomic E-state index is 13.8. The summed E-state index contributed by atoms with van der Waals surface area (Å²) in [6, 6.07) is 10.8. The summed E-state index contributed by atoms with van der Waals surface area (Å²) in [4.78, 5) is 29.8. The van der Waals surface area contributed by atoms with E-state index < -0.39 is 26.4 Å². The summed E-state index contributed by atoms with van der Waals surface area (Å²) in [6.07, 6.45) is 2.85. The number of hydrogen-bond donors (Lipinski definition) is 4. The lowest BCUT2D eigenvalue weighted by Gasteiger charge is -2.24. The van der Waals surface area contributed by atoms with Crippen molar-refractivity contribution in [2.45, 2.75) is 15.9 Å². The molecule has 2 aromatic carbocycles. The first-order chi connectivity index (χ1) is 18.7. The van der Waals surface area contributed by atoms with E-state index in [-0.39, 0.29) is 45.2 Å². The number of fused-ring (bicyclic) bond motifs is 1. The third-order valence-corrected chi connectivity index (χ3v) is 7.90. The Kier molecular flexibility index (Phi) is 7.15. The number of nitro groups is 1. The van der Waals surface area contributed by atoms with Crippen molar-refractivity contribution in [3.8, 4) is 11.5 Å². The number of carbonyl (C=O) groups excluding carboxylic acids is 1. The van der Waals surface area contributed by atoms with E-state index in [0.29, 0.717) is 24.2 Å². The fraction of sp³-hybridized carbons (Fsp3) is 0.200. The Hall–Kier alpha value is -4.53. The number of sulfone groups is 1. The Morgan fingerprint density at radius 3 is 2.85 bits per heavy atom. The van der Waals surface area contributed by atoms with Crippen molar-refractivity contribution in [2.24, 2.45) is 5.73 Å². The van der Waals surface area contributed by atoms with Gasteiger partial charge in [0.25, 0.3) is 11.6 Å². The number of amides is 1. The topological polar surface area (TPSA) is 192 Å². The highest BCUT2D eigenvalue weighted by Gasteiger charge is 2.29. The summed E-state index contributed by atoms with van der Waals surface area (Å²) in [5.74, 6) is -1.06. The van der Waals surface area contributed by atoms with E-state index in [1.807, 2.05) is 0 Å². The molecule has 0 bridgehead atoms. The van der Waals surface area contributed by atoms with Gasteiger partial charge in [0.15, 0.2) is 5.75 Å². The molecule has 1 amide bonds. The van der Waals surface area contributed by atoms with Crippen LogP contribution in [0.2, 0.25) is 0 Å². The maximum absolute atomic E-state index is 13.8. The number of morpholine rings is 1. The SMILES string of the molecule is NC(=O)c1cccc(S(=O)(=O)c2ccc(NCC3CNCCO3)c([N+](=O)[O-])c2)c1Oc1cnc2[nH]ccc2c1. The zero-order valence-electron chi connectivity index (χ0n) is 20.4. The first-order valence-corrected chi connectivity index (χ1v) is 13.4. The fourth-order valence-electron chi connectivity index (χ4n) is 4.20. The van der Waals surface area contributed by atoms with Gasteiger partial charge in [0, 0.05) is 37.3 Å². The molecular weight excluding hydrogens is 528 g/mol. The smallest absolute Gasteiger partial charge is 0.293 e. The molecule has 202 valence electrons. The average molecular weight is 553 g/mol. The molecule has 14 heteroatoms. The Bertz CT molecular complexity index is 1660. The number of para-hydroxylation sites is 1. The van der Waals surface area contributed by atoms with Gasteiger partial charge in [0.05, 0.1) is 34.3 Å². The Morgan fingerprint density at radius 2 is 2.10 bits per heavy atom. The van der Waals surface area contributed by atoms with Gasteiger partial charge in [0.1, 0.15) is 22.0 Å². The van der Waals surface area contributed by atoms with Gasteiger partial charge in [-0.2, -0.15) is 0 Å². The highest BCUT2D eigenvalue weighted by molar-refractivity contribution is 7.91. The van der Waals surface area contributed by atoms with Crippen molar-refractivity contribution in [3.05, 3.63) is 76.6 Å². The van der Waals surface area contributed by atoms with Crippen LogP contribution in [-0.4, -0.2) is 61.6 Å². The lowest BCUT2D eigenvalue weighted by Crippen LogP contribution is -2.42. The normalized spacial score (nSPS) is 15.6. The fourth-order valence-corrected chi connectivity index (χ4v) is 5.62. The Balaban J connectivity index is 1.52. The molecule has 1 aliphatic heterocycles. The number of rotatable bonds is 9. The second-order valence-corrected chi connectivity index (χ2v) is 10.6. The minimum absolute atomic E-state index is 0.140. The van der Waals surface area contributed by atoms with Crippen LogP contribution < -0.4 is 21.1 Å². The zero-order valence-corrected chi connectivity index (χ0v) is 21.2. The minimum atomic E-state index is -4.41. The van der Waals surface area contributed by atoms with Gasteiger partial charge in [-0.25, -0.2) is 13.4 Å². The van der Waals surface area contributed by atoms with Crippen LogP contribution in [0.15, 0.2) is 70.7 Å². The molecule has 1 unspecified atom stereocenters. The van der Waals surface area contributed by atoms with Crippen LogP contribution >= 0.6 is 0 Å². The third kappa shape index (κ3) is 5.38. The molecule has 0 saturated carbocycles. The lowest BCUT2D eigenvalue weighted by atomic mass is 10.2. The number of anilines is 1. The van der Waals surface area contributed by atoms with Crippen molar-refractivity contribution < 1.29 is 27.6 Å². The van der Waals surface area contributed by atoms with Crippen molar-refractivity contribution in [3.63, 3.8) is 0 Å². The number of benzene rings is 2. The lowest BCUT2D eigenvalue weighted by molar-refractivity contribution is -0.384. The molecule has 5 rings (SSSR count). The quantitative estimate of drug-likeness (QED) is 0.177. The number of aromatic nitrogens is 2. The van der Waals surface area contributed by atoms with Crippen molar-refractivity contribution in [2.75, 3.05) is 31.6 Å². The first-order valence-electron chi connectivity index (χ1n) is 11.9. The molecule has 1 saturated heterocycles. The molecule has 13 nitrogen and oxygen atoms in total. The summed E-state index contributed by atoms with van der Waals surface area (Å²) in [7, 11) is -4.41. The van der Waals surface area contributed by atoms with Gasteiger partial charge >= 0.3 is 0 Å². The van der Waals surface area contributed by atoms with Gasteiger partial charge in [-0.15, -0.1) is 0 Å². The summed E-state index contributed by atoms with van der Waals surface area (Å²) in [5, 5.41) is 18.7. The number of ether oxygens (including phenoxy) is 2. The molecule has 1 aliphatic rings. The number of nitro benzene ring substituents is 1. The molecular formula is C25H24N6O7S. The predicted octanol–water partition coefficient (Wildman–Crippen LogP) is 2.60. The number of nitrogens with zero attached hydrogens (tertiary/aromatic N) is 2. The van der Waals surface area contributed by atoms with E-state index in [1.165, 1.54) is 36.5 Å². The Morgan fingerprint density at radius 1 is 1.26 bits per heavy atom. The van der Waals surface area contributed by atoms with E-state index in [2.05, 4.69) is 20.6 Å². The third-order valence-electron chi connectivity index (χ3n) is 6.13. The van der Waals surface area contributed by atoms with E-state index >= 15 is 0 Å². The molecule has 1 atom stereocenters. The molecule has 0 radical (unpaired) electrons. The molecule has 0 spiro atoms. The van der Waals surface area contributed by atoms with Gasteiger partial charge in [-0.3, -0.25) is 14.9 Å². The number of primary amides is 1. The van der Waals surface area contributed by atoms with E-state index in [0.717, 1.165) is 12.6 Å². The number of pyridine rings is 1. The van der Waals surface area contributed by atoms with Crippen LogP contribution in [0.25, 0.3) is 11.0 Å². The van der Waals surface area contributed by atoms with Crippen LogP contribution in [0.5, 0.6) is 11.5 Å².